The van der Waals surface area contributed by atoms with Crippen LogP contribution in [-0.4, -0.2) is 9.55 Å². The predicted molar refractivity (Wildman–Crippen MR) is 65.3 cm³/mol. The summed E-state index contributed by atoms with van der Waals surface area (Å²) < 4.78 is 15.7. The van der Waals surface area contributed by atoms with E-state index in [1.165, 1.54) is 6.07 Å². The Labute approximate surface area is 101 Å². The van der Waals surface area contributed by atoms with Gasteiger partial charge in [-0.15, -0.1) is 0 Å². The molecule has 0 aliphatic carbocycles. The van der Waals surface area contributed by atoms with Crippen molar-refractivity contribution in [2.24, 2.45) is 0 Å². The van der Waals surface area contributed by atoms with Crippen LogP contribution in [0.4, 0.5) is 16.0 Å². The van der Waals surface area contributed by atoms with Gasteiger partial charge in [-0.2, -0.15) is 0 Å². The molecule has 0 unspecified atom stereocenters. The molecule has 5 heteroatoms. The Morgan fingerprint density at radius 3 is 3.00 bits per heavy atom. The van der Waals surface area contributed by atoms with Crippen LogP contribution in [0.25, 0.3) is 0 Å². The van der Waals surface area contributed by atoms with Crippen LogP contribution < -0.4 is 5.32 Å². The molecule has 0 bridgehead atoms. The quantitative estimate of drug-likeness (QED) is 0.934. The Kier molecular flexibility index (Phi) is 3.24. The number of imidazole rings is 1. The number of halogens is 2. The first-order valence-corrected chi connectivity index (χ1v) is 5.73. The van der Waals surface area contributed by atoms with Gasteiger partial charge in [0.2, 0.25) is 5.95 Å². The van der Waals surface area contributed by atoms with E-state index in [0.29, 0.717) is 16.1 Å². The van der Waals surface area contributed by atoms with Crippen LogP contribution in [0.15, 0.2) is 35.1 Å². The lowest BCUT2D eigenvalue weighted by atomic mass is 10.3. The highest BCUT2D eigenvalue weighted by Crippen LogP contribution is 2.21. The summed E-state index contributed by atoms with van der Waals surface area (Å²) in [5, 5.41) is 3.06. The molecule has 0 saturated heterocycles. The molecule has 1 heterocycles. The minimum absolute atomic E-state index is 0.292. The Hall–Kier alpha value is -1.36. The zero-order valence-electron chi connectivity index (χ0n) is 8.74. The largest absolute Gasteiger partial charge is 0.326 e. The molecule has 3 nitrogen and oxygen atoms in total. The maximum Gasteiger partial charge on any atom is 0.207 e. The number of aromatic nitrogens is 2. The number of aryl methyl sites for hydroxylation is 1. The third kappa shape index (κ3) is 2.24. The minimum atomic E-state index is -0.292. The standard InChI is InChI=1S/C11H11BrFN3/c1-2-16-6-5-14-11(16)15-8-3-4-9(12)10(13)7-8/h3-7H,2H2,1H3,(H,14,15). The smallest absolute Gasteiger partial charge is 0.207 e. The maximum absolute atomic E-state index is 13.3. The average Bonchev–Trinajstić information content (AvgIpc) is 2.71. The summed E-state index contributed by atoms with van der Waals surface area (Å²) in [5.41, 5.74) is 0.682. The van der Waals surface area contributed by atoms with E-state index in [2.05, 4.69) is 26.2 Å². The van der Waals surface area contributed by atoms with Crippen molar-refractivity contribution in [2.45, 2.75) is 13.5 Å². The first-order chi connectivity index (χ1) is 7.70. The summed E-state index contributed by atoms with van der Waals surface area (Å²) in [6, 6.07) is 4.89. The monoisotopic (exact) mass is 283 g/mol. The summed E-state index contributed by atoms with van der Waals surface area (Å²) in [6.07, 6.45) is 3.58. The molecule has 2 rings (SSSR count). The molecular weight excluding hydrogens is 273 g/mol. The molecule has 0 radical (unpaired) electrons. The van der Waals surface area contributed by atoms with Gasteiger partial charge >= 0.3 is 0 Å². The second-order valence-electron chi connectivity index (χ2n) is 3.29. The van der Waals surface area contributed by atoms with Crippen molar-refractivity contribution in [2.75, 3.05) is 5.32 Å². The molecule has 0 saturated carbocycles. The molecule has 1 aromatic heterocycles. The SMILES string of the molecule is CCn1ccnc1Nc1ccc(Br)c(F)c1. The molecule has 84 valence electrons. The van der Waals surface area contributed by atoms with Gasteiger partial charge in [-0.1, -0.05) is 0 Å². The summed E-state index contributed by atoms with van der Waals surface area (Å²) in [7, 11) is 0. The van der Waals surface area contributed by atoms with Gasteiger partial charge in [0, 0.05) is 24.6 Å². The van der Waals surface area contributed by atoms with Crippen LogP contribution in [0.5, 0.6) is 0 Å². The van der Waals surface area contributed by atoms with Crippen LogP contribution in [0.2, 0.25) is 0 Å². The fraction of sp³-hybridized carbons (Fsp3) is 0.182. The molecule has 0 aliphatic heterocycles. The number of nitrogens with one attached hydrogen (secondary N) is 1. The Morgan fingerprint density at radius 1 is 1.50 bits per heavy atom. The third-order valence-corrected chi connectivity index (χ3v) is 2.88. The van der Waals surface area contributed by atoms with Crippen molar-refractivity contribution < 1.29 is 4.39 Å². The van der Waals surface area contributed by atoms with E-state index in [0.717, 1.165) is 6.54 Å². The molecule has 1 aromatic carbocycles. The second-order valence-corrected chi connectivity index (χ2v) is 4.15. The summed E-state index contributed by atoms with van der Waals surface area (Å²) >= 11 is 3.11. The molecule has 0 fully saturated rings. The van der Waals surface area contributed by atoms with E-state index >= 15 is 0 Å². The van der Waals surface area contributed by atoms with Crippen molar-refractivity contribution in [3.8, 4) is 0 Å². The zero-order chi connectivity index (χ0) is 11.5. The van der Waals surface area contributed by atoms with Gasteiger partial charge < -0.3 is 9.88 Å². The van der Waals surface area contributed by atoms with Gasteiger partial charge in [0.15, 0.2) is 0 Å². The van der Waals surface area contributed by atoms with Gasteiger partial charge in [-0.05, 0) is 41.1 Å². The van der Waals surface area contributed by atoms with Crippen molar-refractivity contribution >= 4 is 27.6 Å². The number of anilines is 2. The maximum atomic E-state index is 13.3. The fourth-order valence-electron chi connectivity index (χ4n) is 1.39. The van der Waals surface area contributed by atoms with Gasteiger partial charge in [0.05, 0.1) is 4.47 Å². The normalized spacial score (nSPS) is 10.4. The molecule has 0 atom stereocenters. The van der Waals surface area contributed by atoms with Crippen LogP contribution in [-0.2, 0) is 6.54 Å². The van der Waals surface area contributed by atoms with Crippen molar-refractivity contribution in [1.82, 2.24) is 9.55 Å². The highest BCUT2D eigenvalue weighted by atomic mass is 79.9. The van der Waals surface area contributed by atoms with Gasteiger partial charge in [0.1, 0.15) is 5.82 Å². The summed E-state index contributed by atoms with van der Waals surface area (Å²) in [5.74, 6) is 0.420. The predicted octanol–water partition coefficient (Wildman–Crippen LogP) is 3.55. The highest BCUT2D eigenvalue weighted by Gasteiger charge is 2.04. The van der Waals surface area contributed by atoms with Gasteiger partial charge in [0.25, 0.3) is 0 Å². The first-order valence-electron chi connectivity index (χ1n) is 4.94. The lowest BCUT2D eigenvalue weighted by molar-refractivity contribution is 0.621. The van der Waals surface area contributed by atoms with Gasteiger partial charge in [-0.25, -0.2) is 9.37 Å². The second kappa shape index (κ2) is 4.65. The molecular formula is C11H11BrFN3. The Bertz CT molecular complexity index is 496. The molecule has 0 spiro atoms. The topological polar surface area (TPSA) is 29.9 Å². The number of benzene rings is 1. The van der Waals surface area contributed by atoms with Crippen molar-refractivity contribution in [3.63, 3.8) is 0 Å². The zero-order valence-corrected chi connectivity index (χ0v) is 10.3. The highest BCUT2D eigenvalue weighted by molar-refractivity contribution is 9.10. The number of hydrogen-bond acceptors (Lipinski definition) is 2. The Morgan fingerprint density at radius 2 is 2.31 bits per heavy atom. The van der Waals surface area contributed by atoms with E-state index in [1.54, 1.807) is 18.3 Å². The summed E-state index contributed by atoms with van der Waals surface area (Å²) in [4.78, 5) is 4.15. The molecule has 1 N–H and O–H groups in total. The third-order valence-electron chi connectivity index (χ3n) is 2.23. The number of rotatable bonds is 3. The molecule has 0 aliphatic rings. The number of hydrogen-bond donors (Lipinski definition) is 1. The van der Waals surface area contributed by atoms with E-state index < -0.39 is 0 Å². The number of nitrogens with zero attached hydrogens (tertiary/aromatic N) is 2. The van der Waals surface area contributed by atoms with E-state index in [4.69, 9.17) is 0 Å². The van der Waals surface area contributed by atoms with E-state index in [9.17, 15) is 4.39 Å². The van der Waals surface area contributed by atoms with Crippen molar-refractivity contribution in [1.29, 1.82) is 0 Å². The minimum Gasteiger partial charge on any atom is -0.326 e. The van der Waals surface area contributed by atoms with Crippen LogP contribution in [0.1, 0.15) is 6.92 Å². The fourth-order valence-corrected chi connectivity index (χ4v) is 1.64. The molecule has 2 aromatic rings. The first kappa shape index (κ1) is 11.1. The van der Waals surface area contributed by atoms with Gasteiger partial charge in [-0.3, -0.25) is 0 Å². The Balaban J connectivity index is 2.24. The molecule has 16 heavy (non-hydrogen) atoms. The van der Waals surface area contributed by atoms with Crippen LogP contribution >= 0.6 is 15.9 Å². The molecule has 0 amide bonds. The lowest BCUT2D eigenvalue weighted by Crippen LogP contribution is -2.01. The van der Waals surface area contributed by atoms with Crippen LogP contribution in [0, 0.1) is 5.82 Å². The average molecular weight is 284 g/mol. The van der Waals surface area contributed by atoms with E-state index in [1.807, 2.05) is 17.7 Å². The summed E-state index contributed by atoms with van der Waals surface area (Å²) in [6.45, 7) is 2.84. The lowest BCUT2D eigenvalue weighted by Gasteiger charge is -2.08. The van der Waals surface area contributed by atoms with E-state index in [-0.39, 0.29) is 5.82 Å². The van der Waals surface area contributed by atoms with Crippen LogP contribution in [0.3, 0.4) is 0 Å². The van der Waals surface area contributed by atoms with Crippen molar-refractivity contribution in [3.05, 3.63) is 40.9 Å².